The van der Waals surface area contributed by atoms with E-state index in [9.17, 15) is 19.2 Å². The van der Waals surface area contributed by atoms with E-state index in [1.165, 1.54) is 29.9 Å². The summed E-state index contributed by atoms with van der Waals surface area (Å²) in [6, 6.07) is 3.40. The lowest BCUT2D eigenvalue weighted by molar-refractivity contribution is -0.144. The molecule has 1 unspecified atom stereocenters. The number of rotatable bonds is 13. The predicted octanol–water partition coefficient (Wildman–Crippen LogP) is 4.21. The molecule has 5 rings (SSSR count). The Morgan fingerprint density at radius 2 is 1.71 bits per heavy atom. The summed E-state index contributed by atoms with van der Waals surface area (Å²) >= 11 is 0. The van der Waals surface area contributed by atoms with Gasteiger partial charge in [-0.2, -0.15) is 0 Å². The van der Waals surface area contributed by atoms with Crippen molar-refractivity contribution in [3.8, 4) is 0 Å². The second kappa shape index (κ2) is 19.0. The summed E-state index contributed by atoms with van der Waals surface area (Å²) in [5, 5.41) is 14.2. The number of unbranched alkanes of at least 4 members (excludes halogenated alkanes) is 1. The van der Waals surface area contributed by atoms with Crippen molar-refractivity contribution in [2.75, 3.05) is 57.8 Å². The molecule has 0 aromatic carbocycles. The number of nitrogens with one attached hydrogen (secondary N) is 2. The summed E-state index contributed by atoms with van der Waals surface area (Å²) in [5.41, 5.74) is 2.48. The summed E-state index contributed by atoms with van der Waals surface area (Å²) in [6.45, 7) is 11.0. The minimum atomic E-state index is -0.612. The van der Waals surface area contributed by atoms with Crippen molar-refractivity contribution in [2.45, 2.75) is 103 Å². The number of piperazine rings is 1. The summed E-state index contributed by atoms with van der Waals surface area (Å²) in [4.78, 5) is 58.4. The van der Waals surface area contributed by atoms with Gasteiger partial charge in [-0.25, -0.2) is 0 Å². The number of aromatic nitrogens is 2. The summed E-state index contributed by atoms with van der Waals surface area (Å²) in [6.07, 6.45) is 19.2. The molecule has 12 heteroatoms. The first-order chi connectivity index (χ1) is 24.7. The first-order valence-corrected chi connectivity index (χ1v) is 19.2. The SMILES string of the molecule is C\C=C(/C=C\C(=C\CCC)N1CCN(CC2CCN(c3ccc(C(=O)NC4CCCCC4)nn3)CC2)CC1)CC(=O)N(C)C1CCC(=O)NC1=O. The Bertz CT molecular complexity index is 1440. The van der Waals surface area contributed by atoms with E-state index in [4.69, 9.17) is 0 Å². The number of carbonyl (C=O) groups excluding carboxylic acids is 4. The van der Waals surface area contributed by atoms with Crippen molar-refractivity contribution in [3.63, 3.8) is 0 Å². The Kier molecular flexibility index (Phi) is 14.2. The minimum absolute atomic E-state index is 0.116. The topological polar surface area (TPSA) is 131 Å². The Morgan fingerprint density at radius 1 is 0.961 bits per heavy atom. The number of amides is 4. The standard InChI is InChI=1S/C39H58N8O4/c1-4-6-12-32(14-13-29(5-2)27-37(49)44(3)34-16-18-36(48)41-39(34)51)46-25-23-45(24-26-46)28-30-19-21-47(22-20-30)35-17-15-33(42-43-35)38(50)40-31-10-8-7-9-11-31/h5,12-15,17,30-31,34H,4,6-11,16,18-28H2,1-3H3,(H,40,50)(H,41,48,51)/b14-13-,29-5+,32-12-. The van der Waals surface area contributed by atoms with Crippen molar-refractivity contribution in [3.05, 3.63) is 53.4 Å². The van der Waals surface area contributed by atoms with Crippen LogP contribution in [0, 0.1) is 5.92 Å². The molecule has 3 saturated heterocycles. The number of hydrogen-bond acceptors (Lipinski definition) is 9. The Hall–Kier alpha value is -4.06. The predicted molar refractivity (Wildman–Crippen MR) is 199 cm³/mol. The van der Waals surface area contributed by atoms with E-state index in [0.29, 0.717) is 18.0 Å². The third kappa shape index (κ3) is 11.0. The Balaban J connectivity index is 1.05. The van der Waals surface area contributed by atoms with Crippen molar-refractivity contribution in [2.24, 2.45) is 5.92 Å². The second-order valence-electron chi connectivity index (χ2n) is 14.6. The molecule has 0 radical (unpaired) electrons. The highest BCUT2D eigenvalue weighted by Gasteiger charge is 2.32. The smallest absolute Gasteiger partial charge is 0.272 e. The summed E-state index contributed by atoms with van der Waals surface area (Å²) in [5.74, 6) is 0.554. The van der Waals surface area contributed by atoms with Gasteiger partial charge in [-0.15, -0.1) is 10.2 Å². The number of imide groups is 1. The third-order valence-corrected chi connectivity index (χ3v) is 10.9. The van der Waals surface area contributed by atoms with Gasteiger partial charge in [0.2, 0.25) is 17.7 Å². The normalized spacial score (nSPS) is 22.0. The van der Waals surface area contributed by atoms with E-state index in [-0.39, 0.29) is 36.6 Å². The van der Waals surface area contributed by atoms with E-state index in [2.05, 4.69) is 54.6 Å². The van der Waals surface area contributed by atoms with E-state index in [1.807, 2.05) is 31.2 Å². The maximum Gasteiger partial charge on any atom is 0.272 e. The number of likely N-dealkylation sites (N-methyl/N-ethyl adjacent to an activating group) is 1. The van der Waals surface area contributed by atoms with Gasteiger partial charge in [0.05, 0.1) is 6.42 Å². The molecule has 4 fully saturated rings. The molecule has 12 nitrogen and oxygen atoms in total. The van der Waals surface area contributed by atoms with Gasteiger partial charge in [0.1, 0.15) is 6.04 Å². The molecule has 4 amide bonds. The third-order valence-electron chi connectivity index (χ3n) is 10.9. The zero-order chi connectivity index (χ0) is 36.2. The van der Waals surface area contributed by atoms with Crippen LogP contribution in [0.2, 0.25) is 0 Å². The van der Waals surface area contributed by atoms with Crippen molar-refractivity contribution < 1.29 is 19.2 Å². The maximum absolute atomic E-state index is 13.1. The highest BCUT2D eigenvalue weighted by molar-refractivity contribution is 6.01. The van der Waals surface area contributed by atoms with Crippen molar-refractivity contribution >= 4 is 29.4 Å². The van der Waals surface area contributed by atoms with Crippen molar-refractivity contribution in [1.82, 2.24) is 35.5 Å². The average Bonchev–Trinajstić information content (AvgIpc) is 3.15. The van der Waals surface area contributed by atoms with E-state index in [0.717, 1.165) is 95.7 Å². The van der Waals surface area contributed by atoms with Crippen LogP contribution in [-0.4, -0.2) is 113 Å². The lowest BCUT2D eigenvalue weighted by Gasteiger charge is -2.40. The molecule has 0 spiro atoms. The molecule has 2 N–H and O–H groups in total. The molecule has 278 valence electrons. The largest absolute Gasteiger partial charge is 0.369 e. The summed E-state index contributed by atoms with van der Waals surface area (Å²) < 4.78 is 0. The van der Waals surface area contributed by atoms with Gasteiger partial charge in [0, 0.05) is 71.0 Å². The van der Waals surface area contributed by atoms with Crippen molar-refractivity contribution in [1.29, 1.82) is 0 Å². The zero-order valence-electron chi connectivity index (χ0n) is 30.9. The molecule has 1 saturated carbocycles. The first kappa shape index (κ1) is 38.2. The van der Waals surface area contributed by atoms with E-state index < -0.39 is 11.9 Å². The molecular weight excluding hydrogens is 644 g/mol. The molecule has 3 aliphatic heterocycles. The van der Waals surface area contributed by atoms with Gasteiger partial charge >= 0.3 is 0 Å². The monoisotopic (exact) mass is 702 g/mol. The first-order valence-electron chi connectivity index (χ1n) is 19.2. The second-order valence-corrected chi connectivity index (χ2v) is 14.6. The maximum atomic E-state index is 13.1. The number of carbonyl (C=O) groups is 4. The number of nitrogens with zero attached hydrogens (tertiary/aromatic N) is 6. The fourth-order valence-corrected chi connectivity index (χ4v) is 7.59. The van der Waals surface area contributed by atoms with Crippen LogP contribution in [0.25, 0.3) is 0 Å². The van der Waals surface area contributed by atoms with Crippen LogP contribution in [0.1, 0.15) is 101 Å². The van der Waals surface area contributed by atoms with Crippen LogP contribution < -0.4 is 15.5 Å². The lowest BCUT2D eigenvalue weighted by Crippen LogP contribution is -2.52. The Morgan fingerprint density at radius 3 is 2.35 bits per heavy atom. The molecule has 4 aliphatic rings. The van der Waals surface area contributed by atoms with E-state index in [1.54, 1.807) is 7.05 Å². The van der Waals surface area contributed by atoms with Gasteiger partial charge in [-0.1, -0.05) is 50.8 Å². The molecule has 1 aromatic rings. The molecule has 1 atom stereocenters. The van der Waals surface area contributed by atoms with Gasteiger partial charge < -0.3 is 20.0 Å². The molecule has 1 aromatic heterocycles. The molecule has 4 heterocycles. The van der Waals surface area contributed by atoms with Crippen LogP contribution in [-0.2, 0) is 14.4 Å². The highest BCUT2D eigenvalue weighted by atomic mass is 16.2. The van der Waals surface area contributed by atoms with Crippen LogP contribution >= 0.6 is 0 Å². The quantitative estimate of drug-likeness (QED) is 0.229. The van der Waals surface area contributed by atoms with Crippen LogP contribution in [0.4, 0.5) is 5.82 Å². The van der Waals surface area contributed by atoms with Gasteiger partial charge in [0.25, 0.3) is 5.91 Å². The Labute approximate surface area is 303 Å². The number of piperidine rings is 2. The zero-order valence-corrected chi connectivity index (χ0v) is 30.9. The lowest BCUT2D eigenvalue weighted by atomic mass is 9.95. The average molecular weight is 703 g/mol. The highest BCUT2D eigenvalue weighted by Crippen LogP contribution is 2.24. The fourth-order valence-electron chi connectivity index (χ4n) is 7.59. The van der Waals surface area contributed by atoms with Crippen LogP contribution in [0.5, 0.6) is 0 Å². The molecular formula is C39H58N8O4. The summed E-state index contributed by atoms with van der Waals surface area (Å²) in [7, 11) is 1.64. The van der Waals surface area contributed by atoms with Gasteiger partial charge in [-0.3, -0.25) is 29.4 Å². The minimum Gasteiger partial charge on any atom is -0.369 e. The van der Waals surface area contributed by atoms with Gasteiger partial charge in [0.15, 0.2) is 11.5 Å². The molecule has 1 aliphatic carbocycles. The fraction of sp³-hybridized carbons (Fsp3) is 0.641. The number of hydrogen-bond donors (Lipinski definition) is 2. The van der Waals surface area contributed by atoms with Crippen LogP contribution in [0.15, 0.2) is 47.7 Å². The number of anilines is 1. The van der Waals surface area contributed by atoms with Crippen LogP contribution in [0.3, 0.4) is 0 Å². The van der Waals surface area contributed by atoms with Gasteiger partial charge in [-0.05, 0) is 75.1 Å². The number of allylic oxidation sites excluding steroid dienone is 4. The molecule has 0 bridgehead atoms. The van der Waals surface area contributed by atoms with E-state index >= 15 is 0 Å². The molecule has 51 heavy (non-hydrogen) atoms.